The molecule has 1 N–H and O–H groups in total. The molecule has 0 atom stereocenters. The van der Waals surface area contributed by atoms with Crippen molar-refractivity contribution >= 4 is 10.9 Å². The van der Waals surface area contributed by atoms with Gasteiger partial charge in [0.2, 0.25) is 0 Å². The van der Waals surface area contributed by atoms with Gasteiger partial charge in [0, 0.05) is 13.0 Å². The van der Waals surface area contributed by atoms with Gasteiger partial charge in [-0.05, 0) is 12.1 Å². The summed E-state index contributed by atoms with van der Waals surface area (Å²) in [7, 11) is 4.23. The zero-order chi connectivity index (χ0) is 12.3. The van der Waals surface area contributed by atoms with Crippen LogP contribution in [0.25, 0.3) is 10.9 Å². The molecule has 2 aromatic rings. The number of hydrogen-bond donors (Lipinski definition) is 1. The van der Waals surface area contributed by atoms with Crippen LogP contribution in [0.2, 0.25) is 0 Å². The number of nitrogens with one attached hydrogen (secondary N) is 1. The molecule has 17 heavy (non-hydrogen) atoms. The normalized spacial score (nSPS) is 11.2. The van der Waals surface area contributed by atoms with Gasteiger partial charge in [0.1, 0.15) is 0 Å². The van der Waals surface area contributed by atoms with Crippen LogP contribution in [0.1, 0.15) is 6.42 Å². The average molecular weight is 232 g/mol. The third-order valence-electron chi connectivity index (χ3n) is 2.81. The molecular weight excluding hydrogens is 214 g/mol. The first-order chi connectivity index (χ1) is 8.18. The van der Waals surface area contributed by atoms with Gasteiger partial charge in [-0.1, -0.05) is 12.1 Å². The second kappa shape index (κ2) is 5.10. The topological polar surface area (TPSA) is 39.3 Å². The first-order valence-electron chi connectivity index (χ1n) is 5.91. The fraction of sp³-hybridized carbons (Fsp3) is 0.385. The number of benzene rings is 1. The maximum Gasteiger partial charge on any atom is 0.261 e. The molecule has 4 heteroatoms. The minimum atomic E-state index is 0.0596. The molecule has 0 bridgehead atoms. The predicted molar refractivity (Wildman–Crippen MR) is 68.3 cm³/mol. The van der Waals surface area contributed by atoms with Gasteiger partial charge in [0.25, 0.3) is 5.56 Å². The molecule has 0 amide bonds. The van der Waals surface area contributed by atoms with Crippen LogP contribution in [0.15, 0.2) is 35.4 Å². The van der Waals surface area contributed by atoms with E-state index < -0.39 is 0 Å². The summed E-state index contributed by atoms with van der Waals surface area (Å²) in [6.45, 7) is 1.79. The van der Waals surface area contributed by atoms with Crippen LogP contribution in [-0.2, 0) is 6.54 Å². The van der Waals surface area contributed by atoms with Gasteiger partial charge < -0.3 is 4.90 Å². The third kappa shape index (κ3) is 2.71. The standard InChI is InChI=1S/C13H17N3O/c1-15(2)8-5-9-16-10-14-12-7-4-3-6-11(12)13(16)17/h3-4,6-7,10H,5,8-9H2,1-2H3/p+1. The molecule has 0 aliphatic heterocycles. The number of aryl methyl sites for hydroxylation is 1. The van der Waals surface area contributed by atoms with Crippen LogP contribution in [0, 0.1) is 0 Å². The van der Waals surface area contributed by atoms with Crippen LogP contribution < -0.4 is 10.5 Å². The average Bonchev–Trinajstić information content (AvgIpc) is 2.32. The molecule has 0 saturated heterocycles. The summed E-state index contributed by atoms with van der Waals surface area (Å²) in [5, 5.41) is 0.701. The minimum absolute atomic E-state index is 0.0596. The van der Waals surface area contributed by atoms with E-state index in [0.717, 1.165) is 25.0 Å². The molecule has 0 aliphatic carbocycles. The first-order valence-corrected chi connectivity index (χ1v) is 5.91. The minimum Gasteiger partial charge on any atom is -0.340 e. The Kier molecular flexibility index (Phi) is 3.54. The van der Waals surface area contributed by atoms with Crippen LogP contribution in [-0.4, -0.2) is 30.2 Å². The van der Waals surface area contributed by atoms with Crippen LogP contribution in [0.4, 0.5) is 0 Å². The highest BCUT2D eigenvalue weighted by atomic mass is 16.1. The van der Waals surface area contributed by atoms with E-state index in [4.69, 9.17) is 0 Å². The molecular formula is C13H18N3O+. The SMILES string of the molecule is C[NH+](C)CCCn1cnc2ccccc2c1=O. The fourth-order valence-electron chi connectivity index (χ4n) is 1.87. The number of para-hydroxylation sites is 1. The van der Waals surface area contributed by atoms with Gasteiger partial charge in [-0.3, -0.25) is 9.36 Å². The lowest BCUT2D eigenvalue weighted by molar-refractivity contribution is -0.858. The van der Waals surface area contributed by atoms with Crippen LogP contribution >= 0.6 is 0 Å². The number of quaternary nitrogens is 1. The van der Waals surface area contributed by atoms with Crippen molar-refractivity contribution in [1.82, 2.24) is 9.55 Å². The van der Waals surface area contributed by atoms with Crippen molar-refractivity contribution in [3.05, 3.63) is 40.9 Å². The summed E-state index contributed by atoms with van der Waals surface area (Å²) >= 11 is 0. The molecule has 0 saturated carbocycles. The molecule has 0 spiro atoms. The van der Waals surface area contributed by atoms with E-state index >= 15 is 0 Å². The quantitative estimate of drug-likeness (QED) is 0.801. The number of aromatic nitrogens is 2. The first kappa shape index (κ1) is 11.8. The highest BCUT2D eigenvalue weighted by molar-refractivity contribution is 5.76. The number of hydrogen-bond acceptors (Lipinski definition) is 2. The highest BCUT2D eigenvalue weighted by Gasteiger charge is 2.03. The van der Waals surface area contributed by atoms with Crippen molar-refractivity contribution in [2.75, 3.05) is 20.6 Å². The zero-order valence-corrected chi connectivity index (χ0v) is 10.3. The van der Waals surface area contributed by atoms with E-state index in [2.05, 4.69) is 19.1 Å². The van der Waals surface area contributed by atoms with E-state index in [0.29, 0.717) is 5.39 Å². The molecule has 2 rings (SSSR count). The van der Waals surface area contributed by atoms with Crippen molar-refractivity contribution in [2.45, 2.75) is 13.0 Å². The summed E-state index contributed by atoms with van der Waals surface area (Å²) in [6.07, 6.45) is 2.64. The Labute approximate surface area is 101 Å². The summed E-state index contributed by atoms with van der Waals surface area (Å²) in [5.74, 6) is 0. The lowest BCUT2D eigenvalue weighted by Gasteiger charge is -2.08. The van der Waals surface area contributed by atoms with Crippen molar-refractivity contribution in [3.8, 4) is 0 Å². The Morgan fingerprint density at radius 2 is 2.06 bits per heavy atom. The lowest BCUT2D eigenvalue weighted by atomic mass is 10.2. The van der Waals surface area contributed by atoms with Crippen molar-refractivity contribution in [2.24, 2.45) is 0 Å². The maximum atomic E-state index is 12.1. The molecule has 1 aromatic carbocycles. The van der Waals surface area contributed by atoms with E-state index in [1.54, 1.807) is 10.9 Å². The van der Waals surface area contributed by atoms with E-state index in [1.807, 2.05) is 24.3 Å². The van der Waals surface area contributed by atoms with E-state index in [-0.39, 0.29) is 5.56 Å². The smallest absolute Gasteiger partial charge is 0.261 e. The highest BCUT2D eigenvalue weighted by Crippen LogP contribution is 2.04. The second-order valence-electron chi connectivity index (χ2n) is 4.57. The molecule has 90 valence electrons. The molecule has 1 aromatic heterocycles. The van der Waals surface area contributed by atoms with Gasteiger partial charge in [-0.2, -0.15) is 0 Å². The van der Waals surface area contributed by atoms with Gasteiger partial charge in [0.15, 0.2) is 0 Å². The van der Waals surface area contributed by atoms with Gasteiger partial charge in [-0.15, -0.1) is 0 Å². The Morgan fingerprint density at radius 3 is 2.82 bits per heavy atom. The predicted octanol–water partition coefficient (Wildman–Crippen LogP) is -0.0689. The third-order valence-corrected chi connectivity index (χ3v) is 2.81. The number of rotatable bonds is 4. The Balaban J connectivity index is 2.24. The fourth-order valence-corrected chi connectivity index (χ4v) is 1.87. The molecule has 0 fully saturated rings. The lowest BCUT2D eigenvalue weighted by Crippen LogP contribution is -3.05. The Morgan fingerprint density at radius 1 is 1.29 bits per heavy atom. The van der Waals surface area contributed by atoms with Crippen LogP contribution in [0.5, 0.6) is 0 Å². The summed E-state index contributed by atoms with van der Waals surface area (Å²) in [4.78, 5) is 17.8. The molecule has 0 radical (unpaired) electrons. The summed E-state index contributed by atoms with van der Waals surface area (Å²) < 4.78 is 1.70. The van der Waals surface area contributed by atoms with E-state index in [1.165, 1.54) is 4.90 Å². The van der Waals surface area contributed by atoms with Crippen molar-refractivity contribution in [3.63, 3.8) is 0 Å². The second-order valence-corrected chi connectivity index (χ2v) is 4.57. The van der Waals surface area contributed by atoms with Gasteiger partial charge >= 0.3 is 0 Å². The largest absolute Gasteiger partial charge is 0.340 e. The van der Waals surface area contributed by atoms with Gasteiger partial charge in [-0.25, -0.2) is 4.98 Å². The summed E-state index contributed by atoms with van der Waals surface area (Å²) in [5.41, 5.74) is 0.830. The maximum absolute atomic E-state index is 12.1. The monoisotopic (exact) mass is 232 g/mol. The van der Waals surface area contributed by atoms with Crippen molar-refractivity contribution < 1.29 is 4.90 Å². The zero-order valence-electron chi connectivity index (χ0n) is 10.3. The van der Waals surface area contributed by atoms with E-state index in [9.17, 15) is 4.79 Å². The van der Waals surface area contributed by atoms with Crippen LogP contribution in [0.3, 0.4) is 0 Å². The summed E-state index contributed by atoms with van der Waals surface area (Å²) in [6, 6.07) is 7.47. The van der Waals surface area contributed by atoms with Gasteiger partial charge in [0.05, 0.1) is 37.9 Å². The Hall–Kier alpha value is -1.68. The number of fused-ring (bicyclic) bond motifs is 1. The number of nitrogens with zero attached hydrogens (tertiary/aromatic N) is 2. The molecule has 1 heterocycles. The molecule has 0 aliphatic rings. The van der Waals surface area contributed by atoms with Crippen molar-refractivity contribution in [1.29, 1.82) is 0 Å². The molecule has 4 nitrogen and oxygen atoms in total. The molecule has 0 unspecified atom stereocenters. The Bertz CT molecular complexity index is 560.